The predicted molar refractivity (Wildman–Crippen MR) is 81.1 cm³/mol. The summed E-state index contributed by atoms with van der Waals surface area (Å²) in [6.07, 6.45) is -3.50. The van der Waals surface area contributed by atoms with Gasteiger partial charge in [-0.25, -0.2) is 4.98 Å². The van der Waals surface area contributed by atoms with Crippen molar-refractivity contribution in [2.45, 2.75) is 13.1 Å². The van der Waals surface area contributed by atoms with Crippen LogP contribution in [0, 0.1) is 10.5 Å². The molecule has 2 rings (SSSR count). The van der Waals surface area contributed by atoms with E-state index in [-0.39, 0.29) is 11.6 Å². The highest BCUT2D eigenvalue weighted by Crippen LogP contribution is 2.28. The smallest absolute Gasteiger partial charge is 0.321 e. The zero-order chi connectivity index (χ0) is 15.6. The van der Waals surface area contributed by atoms with Crippen LogP contribution in [0.4, 0.5) is 18.9 Å². The van der Waals surface area contributed by atoms with Gasteiger partial charge in [0.1, 0.15) is 5.69 Å². The van der Waals surface area contributed by atoms with Crippen LogP contribution in [0.2, 0.25) is 0 Å². The standard InChI is InChI=1S/C14H10F3IN2O/c1-8-3-2-4-10(12(8)18)13(21)20-9-5-6-11(19-7-9)14(15,16)17/h2-7H,1H3,(H,20,21). The van der Waals surface area contributed by atoms with Crippen LogP contribution in [-0.4, -0.2) is 10.9 Å². The summed E-state index contributed by atoms with van der Waals surface area (Å²) in [6, 6.07) is 7.28. The third kappa shape index (κ3) is 3.72. The molecule has 0 aliphatic heterocycles. The van der Waals surface area contributed by atoms with E-state index < -0.39 is 11.9 Å². The van der Waals surface area contributed by atoms with Gasteiger partial charge in [0.25, 0.3) is 5.91 Å². The summed E-state index contributed by atoms with van der Waals surface area (Å²) in [5.74, 6) is -0.385. The lowest BCUT2D eigenvalue weighted by Gasteiger charge is -2.09. The summed E-state index contributed by atoms with van der Waals surface area (Å²) in [7, 11) is 0. The van der Waals surface area contributed by atoms with E-state index in [1.54, 1.807) is 12.1 Å². The number of nitrogens with zero attached hydrogens (tertiary/aromatic N) is 1. The Hall–Kier alpha value is -1.64. The molecule has 0 radical (unpaired) electrons. The molecule has 0 saturated carbocycles. The molecule has 21 heavy (non-hydrogen) atoms. The Morgan fingerprint density at radius 1 is 1.24 bits per heavy atom. The van der Waals surface area contributed by atoms with E-state index in [1.165, 1.54) is 6.07 Å². The number of alkyl halides is 3. The average molecular weight is 406 g/mol. The van der Waals surface area contributed by atoms with Crippen LogP contribution >= 0.6 is 22.6 Å². The maximum Gasteiger partial charge on any atom is 0.433 e. The van der Waals surface area contributed by atoms with Crippen molar-refractivity contribution >= 4 is 34.2 Å². The van der Waals surface area contributed by atoms with Gasteiger partial charge in [0, 0.05) is 3.57 Å². The van der Waals surface area contributed by atoms with Crippen LogP contribution in [0.5, 0.6) is 0 Å². The van der Waals surface area contributed by atoms with Crippen molar-refractivity contribution in [3.05, 3.63) is 56.9 Å². The Kier molecular flexibility index (Phi) is 4.50. The van der Waals surface area contributed by atoms with Gasteiger partial charge in [-0.3, -0.25) is 4.79 Å². The number of hydrogen-bond donors (Lipinski definition) is 1. The van der Waals surface area contributed by atoms with Gasteiger partial charge >= 0.3 is 6.18 Å². The summed E-state index contributed by atoms with van der Waals surface area (Å²) in [5, 5.41) is 2.53. The Balaban J connectivity index is 2.18. The number of rotatable bonds is 2. The third-order valence-electron chi connectivity index (χ3n) is 2.75. The van der Waals surface area contributed by atoms with Gasteiger partial charge in [-0.2, -0.15) is 13.2 Å². The quantitative estimate of drug-likeness (QED) is 0.758. The molecular formula is C14H10F3IN2O. The molecule has 1 aromatic heterocycles. The van der Waals surface area contributed by atoms with Gasteiger partial charge in [-0.05, 0) is 53.3 Å². The van der Waals surface area contributed by atoms with Crippen molar-refractivity contribution in [2.24, 2.45) is 0 Å². The molecule has 0 aliphatic rings. The van der Waals surface area contributed by atoms with E-state index in [0.717, 1.165) is 21.4 Å². The minimum absolute atomic E-state index is 0.213. The first-order valence-corrected chi connectivity index (χ1v) is 6.96. The molecule has 0 atom stereocenters. The fraction of sp³-hybridized carbons (Fsp3) is 0.143. The summed E-state index contributed by atoms with van der Waals surface area (Å²) in [5.41, 5.74) is 0.639. The van der Waals surface area contributed by atoms with E-state index in [1.807, 2.05) is 13.0 Å². The molecule has 1 heterocycles. The molecule has 7 heteroatoms. The summed E-state index contributed by atoms with van der Waals surface area (Å²) in [6.45, 7) is 1.87. The summed E-state index contributed by atoms with van der Waals surface area (Å²) >= 11 is 2.05. The maximum atomic E-state index is 12.4. The fourth-order valence-electron chi connectivity index (χ4n) is 1.66. The minimum Gasteiger partial charge on any atom is -0.321 e. The lowest BCUT2D eigenvalue weighted by Crippen LogP contribution is -2.15. The van der Waals surface area contributed by atoms with E-state index in [4.69, 9.17) is 0 Å². The van der Waals surface area contributed by atoms with Gasteiger partial charge in [0.05, 0.1) is 17.4 Å². The number of anilines is 1. The van der Waals surface area contributed by atoms with Crippen molar-refractivity contribution < 1.29 is 18.0 Å². The highest BCUT2D eigenvalue weighted by molar-refractivity contribution is 14.1. The molecule has 0 bridgehead atoms. The normalized spacial score (nSPS) is 11.3. The first kappa shape index (κ1) is 15.7. The van der Waals surface area contributed by atoms with E-state index >= 15 is 0 Å². The van der Waals surface area contributed by atoms with Gasteiger partial charge < -0.3 is 5.32 Å². The number of aryl methyl sites for hydroxylation is 1. The fourth-order valence-corrected chi connectivity index (χ4v) is 2.26. The number of amides is 1. The van der Waals surface area contributed by atoms with Gasteiger partial charge in [0.15, 0.2) is 0 Å². The SMILES string of the molecule is Cc1cccc(C(=O)Nc2ccc(C(F)(F)F)nc2)c1I. The Bertz CT molecular complexity index is 669. The van der Waals surface area contributed by atoms with Crippen molar-refractivity contribution in [1.29, 1.82) is 0 Å². The first-order chi connectivity index (χ1) is 9.79. The molecule has 0 saturated heterocycles. The topological polar surface area (TPSA) is 42.0 Å². The van der Waals surface area contributed by atoms with E-state index in [2.05, 4.69) is 32.9 Å². The molecule has 1 aromatic carbocycles. The highest BCUT2D eigenvalue weighted by atomic mass is 127. The molecule has 0 fully saturated rings. The van der Waals surface area contributed by atoms with Crippen molar-refractivity contribution in [2.75, 3.05) is 5.32 Å². The van der Waals surface area contributed by atoms with Gasteiger partial charge in [-0.1, -0.05) is 12.1 Å². The molecular weight excluding hydrogens is 396 g/mol. The third-order valence-corrected chi connectivity index (χ3v) is 4.18. The number of nitrogens with one attached hydrogen (secondary N) is 1. The number of halogens is 4. The summed E-state index contributed by atoms with van der Waals surface area (Å²) < 4.78 is 38.0. The van der Waals surface area contributed by atoms with Crippen LogP contribution in [0.3, 0.4) is 0 Å². The lowest BCUT2D eigenvalue weighted by atomic mass is 10.1. The summed E-state index contributed by atoms with van der Waals surface area (Å²) in [4.78, 5) is 15.4. The number of carbonyl (C=O) groups is 1. The zero-order valence-electron chi connectivity index (χ0n) is 10.8. The molecule has 2 aromatic rings. The second-order valence-corrected chi connectivity index (χ2v) is 5.40. The maximum absolute atomic E-state index is 12.4. The Labute approximate surface area is 132 Å². The van der Waals surface area contributed by atoms with Crippen LogP contribution in [0.15, 0.2) is 36.5 Å². The van der Waals surface area contributed by atoms with Crippen molar-refractivity contribution in [3.63, 3.8) is 0 Å². The number of aromatic nitrogens is 1. The largest absolute Gasteiger partial charge is 0.433 e. The highest BCUT2D eigenvalue weighted by Gasteiger charge is 2.32. The Morgan fingerprint density at radius 3 is 2.52 bits per heavy atom. The first-order valence-electron chi connectivity index (χ1n) is 5.89. The van der Waals surface area contributed by atoms with Gasteiger partial charge in [-0.15, -0.1) is 0 Å². The number of carbonyl (C=O) groups excluding carboxylic acids is 1. The molecule has 1 amide bonds. The molecule has 3 nitrogen and oxygen atoms in total. The van der Waals surface area contributed by atoms with Gasteiger partial charge in [0.2, 0.25) is 0 Å². The molecule has 110 valence electrons. The number of benzene rings is 1. The van der Waals surface area contributed by atoms with Crippen LogP contribution in [0.25, 0.3) is 0 Å². The Morgan fingerprint density at radius 2 is 1.95 bits per heavy atom. The second kappa shape index (κ2) is 6.00. The van der Waals surface area contributed by atoms with Crippen LogP contribution in [0.1, 0.15) is 21.6 Å². The second-order valence-electron chi connectivity index (χ2n) is 4.32. The van der Waals surface area contributed by atoms with Crippen molar-refractivity contribution in [3.8, 4) is 0 Å². The molecule has 0 aliphatic carbocycles. The van der Waals surface area contributed by atoms with Crippen LogP contribution < -0.4 is 5.32 Å². The lowest BCUT2D eigenvalue weighted by molar-refractivity contribution is -0.141. The zero-order valence-corrected chi connectivity index (χ0v) is 13.0. The number of pyridine rings is 1. The molecule has 1 N–H and O–H groups in total. The van der Waals surface area contributed by atoms with Crippen LogP contribution in [-0.2, 0) is 6.18 Å². The monoisotopic (exact) mass is 406 g/mol. The predicted octanol–water partition coefficient (Wildman–Crippen LogP) is 4.27. The minimum atomic E-state index is -4.49. The van der Waals surface area contributed by atoms with E-state index in [9.17, 15) is 18.0 Å². The molecule has 0 unspecified atom stereocenters. The van der Waals surface area contributed by atoms with E-state index in [0.29, 0.717) is 5.56 Å². The molecule has 0 spiro atoms. The average Bonchev–Trinajstić information content (AvgIpc) is 2.41. The number of hydrogen-bond acceptors (Lipinski definition) is 2. The van der Waals surface area contributed by atoms with Crippen molar-refractivity contribution in [1.82, 2.24) is 4.98 Å².